The van der Waals surface area contributed by atoms with E-state index >= 15 is 0 Å². The number of carbonyl (C=O) groups is 1. The number of benzene rings is 1. The van der Waals surface area contributed by atoms with Crippen LogP contribution in [0.1, 0.15) is 34.2 Å². The van der Waals surface area contributed by atoms with Crippen molar-refractivity contribution >= 4 is 47.2 Å². The van der Waals surface area contributed by atoms with Gasteiger partial charge < -0.3 is 15.5 Å². The number of guanidine groups is 1. The van der Waals surface area contributed by atoms with Crippen LogP contribution < -0.4 is 10.6 Å². The van der Waals surface area contributed by atoms with Crippen LogP contribution in [0.15, 0.2) is 41.4 Å². The minimum absolute atomic E-state index is 0. The summed E-state index contributed by atoms with van der Waals surface area (Å²) in [6.07, 6.45) is 4.18. The van der Waals surface area contributed by atoms with Crippen molar-refractivity contribution in [2.45, 2.75) is 45.2 Å². The highest BCUT2D eigenvalue weighted by atomic mass is 127. The Hall–Kier alpha value is -1.61. The number of likely N-dealkylation sites (N-methyl/N-ethyl adjacent to an activating group) is 1. The molecule has 1 aromatic carbocycles. The molecule has 3 rings (SSSR count). The van der Waals surface area contributed by atoms with Crippen molar-refractivity contribution in [1.29, 1.82) is 0 Å². The third-order valence-electron chi connectivity index (χ3n) is 5.05. The first-order chi connectivity index (χ1) is 13.5. The summed E-state index contributed by atoms with van der Waals surface area (Å²) in [5.74, 6) is 0.713. The zero-order valence-corrected chi connectivity index (χ0v) is 20.6. The fourth-order valence-electron chi connectivity index (χ4n) is 3.33. The topological polar surface area (TPSA) is 56.7 Å². The van der Waals surface area contributed by atoms with Gasteiger partial charge in [-0.2, -0.15) is 0 Å². The van der Waals surface area contributed by atoms with Gasteiger partial charge in [0.2, 0.25) is 5.91 Å². The summed E-state index contributed by atoms with van der Waals surface area (Å²) >= 11 is 1.82. The van der Waals surface area contributed by atoms with Gasteiger partial charge in [0.15, 0.2) is 5.96 Å². The largest absolute Gasteiger partial charge is 0.353 e. The Morgan fingerprint density at radius 1 is 1.17 bits per heavy atom. The number of halogens is 1. The molecule has 1 atom stereocenters. The summed E-state index contributed by atoms with van der Waals surface area (Å²) in [6.45, 7) is 3.04. The van der Waals surface area contributed by atoms with Crippen LogP contribution in [-0.2, 0) is 30.6 Å². The van der Waals surface area contributed by atoms with Crippen molar-refractivity contribution in [3.63, 3.8) is 0 Å². The standard InChI is InChI=1S/C22H30N4OS.HI/c1-4-19-11-12-20(28-19)14-23-22(24-15-21(27)26(2)3)25-18-10-9-16-7-5-6-8-17(16)13-18;/h5-8,11-12,18H,4,9-10,13-15H2,1-3H3,(H2,23,24,25);1H. The van der Waals surface area contributed by atoms with Crippen molar-refractivity contribution < 1.29 is 4.79 Å². The number of aryl methyl sites for hydroxylation is 2. The Kier molecular flexibility index (Phi) is 9.42. The van der Waals surface area contributed by atoms with E-state index in [0.717, 1.165) is 32.2 Å². The van der Waals surface area contributed by atoms with E-state index in [-0.39, 0.29) is 36.4 Å². The molecule has 2 aromatic rings. The third-order valence-corrected chi connectivity index (χ3v) is 6.28. The van der Waals surface area contributed by atoms with Crippen LogP contribution in [0.3, 0.4) is 0 Å². The SMILES string of the molecule is CCc1ccc(CNC(=NCC(=O)N(C)C)NC2CCc3ccccc3C2)s1.I. The summed E-state index contributed by atoms with van der Waals surface area (Å²) in [5, 5.41) is 6.97. The van der Waals surface area contributed by atoms with E-state index in [1.165, 1.54) is 20.9 Å². The zero-order valence-electron chi connectivity index (χ0n) is 17.4. The Labute approximate surface area is 195 Å². The van der Waals surface area contributed by atoms with Gasteiger partial charge in [0.1, 0.15) is 6.54 Å². The van der Waals surface area contributed by atoms with Crippen molar-refractivity contribution in [1.82, 2.24) is 15.5 Å². The van der Waals surface area contributed by atoms with E-state index in [4.69, 9.17) is 0 Å². The van der Waals surface area contributed by atoms with Crippen LogP contribution in [0, 0.1) is 0 Å². The van der Waals surface area contributed by atoms with Crippen LogP contribution in [0.5, 0.6) is 0 Å². The summed E-state index contributed by atoms with van der Waals surface area (Å²) in [5.41, 5.74) is 2.85. The zero-order chi connectivity index (χ0) is 19.9. The van der Waals surface area contributed by atoms with Gasteiger partial charge in [0, 0.05) is 29.9 Å². The summed E-state index contributed by atoms with van der Waals surface area (Å²) < 4.78 is 0. The molecule has 0 bridgehead atoms. The number of amides is 1. The number of nitrogens with zero attached hydrogens (tertiary/aromatic N) is 2. The molecule has 0 radical (unpaired) electrons. The van der Waals surface area contributed by atoms with Crippen molar-refractivity contribution in [2.75, 3.05) is 20.6 Å². The molecule has 0 spiro atoms. The molecule has 0 saturated carbocycles. The summed E-state index contributed by atoms with van der Waals surface area (Å²) in [7, 11) is 3.52. The third kappa shape index (κ3) is 6.99. The normalized spacial score (nSPS) is 15.8. The lowest BCUT2D eigenvalue weighted by Crippen LogP contribution is -2.46. The molecular formula is C22H31IN4OS. The van der Waals surface area contributed by atoms with Gasteiger partial charge in [-0.1, -0.05) is 31.2 Å². The second kappa shape index (κ2) is 11.5. The molecule has 2 N–H and O–H groups in total. The number of aliphatic imine (C=N–C) groups is 1. The molecule has 1 amide bonds. The quantitative estimate of drug-likeness (QED) is 0.344. The van der Waals surface area contributed by atoms with Crippen LogP contribution in [-0.4, -0.2) is 43.4 Å². The maximum absolute atomic E-state index is 12.0. The summed E-state index contributed by atoms with van der Waals surface area (Å²) in [4.78, 5) is 20.8. The van der Waals surface area contributed by atoms with Crippen LogP contribution in [0.4, 0.5) is 0 Å². The van der Waals surface area contributed by atoms with Gasteiger partial charge in [0.25, 0.3) is 0 Å². The fourth-order valence-corrected chi connectivity index (χ4v) is 4.23. The van der Waals surface area contributed by atoms with Crippen molar-refractivity contribution in [3.8, 4) is 0 Å². The average Bonchev–Trinajstić information content (AvgIpc) is 3.17. The van der Waals surface area contributed by atoms with E-state index in [0.29, 0.717) is 12.0 Å². The number of hydrogen-bond acceptors (Lipinski definition) is 3. The maximum Gasteiger partial charge on any atom is 0.243 e. The first-order valence-electron chi connectivity index (χ1n) is 9.94. The predicted octanol–water partition coefficient (Wildman–Crippen LogP) is 3.61. The number of carbonyl (C=O) groups excluding carboxylic acids is 1. The van der Waals surface area contributed by atoms with E-state index < -0.39 is 0 Å². The number of hydrogen-bond donors (Lipinski definition) is 2. The number of rotatable bonds is 6. The molecule has 0 aliphatic heterocycles. The number of thiophene rings is 1. The van der Waals surface area contributed by atoms with Gasteiger partial charge in [-0.05, 0) is 48.9 Å². The van der Waals surface area contributed by atoms with E-state index in [2.05, 4.69) is 58.9 Å². The lowest BCUT2D eigenvalue weighted by Gasteiger charge is -2.27. The molecule has 29 heavy (non-hydrogen) atoms. The van der Waals surface area contributed by atoms with Gasteiger partial charge in [-0.15, -0.1) is 35.3 Å². The molecule has 1 heterocycles. The molecular weight excluding hydrogens is 495 g/mol. The Balaban J connectivity index is 0.00000300. The van der Waals surface area contributed by atoms with E-state index in [1.807, 2.05) is 11.3 Å². The van der Waals surface area contributed by atoms with Gasteiger partial charge in [0.05, 0.1) is 6.54 Å². The van der Waals surface area contributed by atoms with E-state index in [1.54, 1.807) is 19.0 Å². The van der Waals surface area contributed by atoms with Gasteiger partial charge in [-0.25, -0.2) is 4.99 Å². The molecule has 1 aliphatic carbocycles. The van der Waals surface area contributed by atoms with Crippen LogP contribution >= 0.6 is 35.3 Å². The lowest BCUT2D eigenvalue weighted by atomic mass is 9.88. The lowest BCUT2D eigenvalue weighted by molar-refractivity contribution is -0.127. The Bertz CT molecular complexity index is 834. The Morgan fingerprint density at radius 3 is 2.59 bits per heavy atom. The molecule has 0 fully saturated rings. The predicted molar refractivity (Wildman–Crippen MR) is 132 cm³/mol. The summed E-state index contributed by atoms with van der Waals surface area (Å²) in [6, 6.07) is 13.3. The monoisotopic (exact) mass is 526 g/mol. The molecule has 1 aliphatic rings. The van der Waals surface area contributed by atoms with Gasteiger partial charge in [-0.3, -0.25) is 4.79 Å². The maximum atomic E-state index is 12.0. The molecule has 1 aromatic heterocycles. The second-order valence-corrected chi connectivity index (χ2v) is 8.63. The van der Waals surface area contributed by atoms with E-state index in [9.17, 15) is 4.79 Å². The van der Waals surface area contributed by atoms with Gasteiger partial charge >= 0.3 is 0 Å². The van der Waals surface area contributed by atoms with Crippen molar-refractivity contribution in [3.05, 3.63) is 57.3 Å². The minimum Gasteiger partial charge on any atom is -0.353 e. The highest BCUT2D eigenvalue weighted by Gasteiger charge is 2.19. The highest BCUT2D eigenvalue weighted by molar-refractivity contribution is 14.0. The van der Waals surface area contributed by atoms with Crippen molar-refractivity contribution in [2.24, 2.45) is 4.99 Å². The second-order valence-electron chi connectivity index (χ2n) is 7.38. The minimum atomic E-state index is -0.000479. The van der Waals surface area contributed by atoms with Crippen LogP contribution in [0.25, 0.3) is 0 Å². The number of nitrogens with one attached hydrogen (secondary N) is 2. The molecule has 1 unspecified atom stereocenters. The molecule has 0 saturated heterocycles. The first kappa shape index (κ1) is 23.7. The number of fused-ring (bicyclic) bond motifs is 1. The van der Waals surface area contributed by atoms with Crippen LogP contribution in [0.2, 0.25) is 0 Å². The fraction of sp³-hybridized carbons (Fsp3) is 0.455. The first-order valence-corrected chi connectivity index (χ1v) is 10.8. The highest BCUT2D eigenvalue weighted by Crippen LogP contribution is 2.21. The average molecular weight is 526 g/mol. The molecule has 7 heteroatoms. The molecule has 158 valence electrons. The molecule has 5 nitrogen and oxygen atoms in total. The Morgan fingerprint density at radius 2 is 1.90 bits per heavy atom. The smallest absolute Gasteiger partial charge is 0.243 e.